The van der Waals surface area contributed by atoms with E-state index >= 15 is 0 Å². The zero-order chi connectivity index (χ0) is 16.1. The maximum atomic E-state index is 12.8. The van der Waals surface area contributed by atoms with Crippen molar-refractivity contribution in [2.24, 2.45) is 0 Å². The van der Waals surface area contributed by atoms with E-state index in [2.05, 4.69) is 11.1 Å². The highest BCUT2D eigenvalue weighted by Gasteiger charge is 2.20. The Morgan fingerprint density at radius 1 is 1.36 bits per heavy atom. The van der Waals surface area contributed by atoms with Crippen LogP contribution in [-0.4, -0.2) is 17.4 Å². The molecule has 1 aromatic carbocycles. The quantitative estimate of drug-likeness (QED) is 0.858. The molecular weight excluding hydrogens is 298 g/mol. The number of carbonyl (C=O) groups is 1. The van der Waals surface area contributed by atoms with Crippen LogP contribution in [0, 0.1) is 18.3 Å². The van der Waals surface area contributed by atoms with E-state index in [9.17, 15) is 10.1 Å². The molecule has 0 bridgehead atoms. The minimum atomic E-state index is -0.187. The number of pyridine rings is 1. The Morgan fingerprint density at radius 2 is 2.14 bits per heavy atom. The van der Waals surface area contributed by atoms with Gasteiger partial charge in [-0.2, -0.15) is 5.26 Å². The number of nitriles is 1. The third-order valence-electron chi connectivity index (χ3n) is 3.22. The molecule has 0 aliphatic carbocycles. The molecule has 0 aliphatic rings. The second kappa shape index (κ2) is 7.06. The second-order valence-corrected chi connectivity index (χ2v) is 5.35. The molecule has 5 heteroatoms. The highest BCUT2D eigenvalue weighted by atomic mass is 35.5. The molecule has 112 valence electrons. The fourth-order valence-corrected chi connectivity index (χ4v) is 2.29. The molecule has 0 atom stereocenters. The summed E-state index contributed by atoms with van der Waals surface area (Å²) in [5.41, 5.74) is 2.29. The zero-order valence-corrected chi connectivity index (χ0v) is 13.3. The van der Waals surface area contributed by atoms with Gasteiger partial charge in [-0.1, -0.05) is 18.5 Å². The number of aryl methyl sites for hydroxylation is 1. The summed E-state index contributed by atoms with van der Waals surface area (Å²) in [6.45, 7) is 4.34. The number of nitrogens with zero attached hydrogens (tertiary/aromatic N) is 3. The van der Waals surface area contributed by atoms with E-state index in [1.54, 1.807) is 41.4 Å². The number of hydrogen-bond donors (Lipinski definition) is 0. The van der Waals surface area contributed by atoms with Crippen molar-refractivity contribution in [1.82, 2.24) is 4.98 Å². The van der Waals surface area contributed by atoms with Crippen LogP contribution < -0.4 is 4.90 Å². The molecule has 0 saturated heterocycles. The highest BCUT2D eigenvalue weighted by molar-refractivity contribution is 6.31. The smallest absolute Gasteiger partial charge is 0.259 e. The lowest BCUT2D eigenvalue weighted by Crippen LogP contribution is -2.32. The van der Waals surface area contributed by atoms with E-state index in [4.69, 9.17) is 11.6 Å². The van der Waals surface area contributed by atoms with Crippen LogP contribution >= 0.6 is 11.6 Å². The molecule has 22 heavy (non-hydrogen) atoms. The maximum Gasteiger partial charge on any atom is 0.259 e. The highest BCUT2D eigenvalue weighted by Crippen LogP contribution is 2.26. The minimum Gasteiger partial charge on any atom is -0.307 e. The third kappa shape index (κ3) is 3.44. The molecule has 0 unspecified atom stereocenters. The Morgan fingerprint density at radius 3 is 2.73 bits per heavy atom. The summed E-state index contributed by atoms with van der Waals surface area (Å²) in [7, 11) is 0. The van der Waals surface area contributed by atoms with Gasteiger partial charge in [0.05, 0.1) is 16.8 Å². The third-order valence-corrected chi connectivity index (χ3v) is 3.46. The van der Waals surface area contributed by atoms with Gasteiger partial charge in [0.15, 0.2) is 0 Å². The molecule has 0 N–H and O–H groups in total. The van der Waals surface area contributed by atoms with Gasteiger partial charge in [-0.3, -0.25) is 9.78 Å². The number of carbonyl (C=O) groups excluding carboxylic acids is 1. The standard InChI is InChI=1S/C17H16ClN3O/c1-3-8-21(16-9-15(18)7-6-13(16)10-19)17(22)14-5-4-12(2)20-11-14/h4-7,9,11H,3,8H2,1-2H3. The van der Waals surface area contributed by atoms with E-state index in [0.29, 0.717) is 28.4 Å². The summed E-state index contributed by atoms with van der Waals surface area (Å²) in [4.78, 5) is 18.5. The monoisotopic (exact) mass is 313 g/mol. The summed E-state index contributed by atoms with van der Waals surface area (Å²) in [5.74, 6) is -0.187. The van der Waals surface area contributed by atoms with Gasteiger partial charge < -0.3 is 4.90 Å². The maximum absolute atomic E-state index is 12.8. The average molecular weight is 314 g/mol. The van der Waals surface area contributed by atoms with Crippen LogP contribution in [0.1, 0.15) is 35.0 Å². The first-order chi connectivity index (χ1) is 10.6. The summed E-state index contributed by atoms with van der Waals surface area (Å²) < 4.78 is 0. The number of hydrogen-bond acceptors (Lipinski definition) is 3. The molecular formula is C17H16ClN3O. The van der Waals surface area contributed by atoms with E-state index in [1.165, 1.54) is 0 Å². The first-order valence-corrected chi connectivity index (χ1v) is 7.38. The molecule has 0 saturated carbocycles. The average Bonchev–Trinajstić information content (AvgIpc) is 2.52. The largest absolute Gasteiger partial charge is 0.307 e. The molecule has 0 spiro atoms. The summed E-state index contributed by atoms with van der Waals surface area (Å²) in [5, 5.41) is 9.76. The van der Waals surface area contributed by atoms with Crippen molar-refractivity contribution in [2.45, 2.75) is 20.3 Å². The normalized spacial score (nSPS) is 10.1. The van der Waals surface area contributed by atoms with E-state index in [0.717, 1.165) is 12.1 Å². The molecule has 1 aromatic heterocycles. The summed E-state index contributed by atoms with van der Waals surface area (Å²) in [6, 6.07) is 10.6. The Kier molecular flexibility index (Phi) is 5.13. The van der Waals surface area contributed by atoms with E-state index in [1.807, 2.05) is 13.8 Å². The zero-order valence-electron chi connectivity index (χ0n) is 12.5. The molecule has 2 rings (SSSR count). The number of amides is 1. The summed E-state index contributed by atoms with van der Waals surface area (Å²) >= 11 is 6.03. The molecule has 4 nitrogen and oxygen atoms in total. The van der Waals surface area contributed by atoms with Crippen LogP contribution in [0.3, 0.4) is 0 Å². The predicted molar refractivity (Wildman–Crippen MR) is 87.1 cm³/mol. The van der Waals surface area contributed by atoms with E-state index in [-0.39, 0.29) is 5.91 Å². The molecule has 0 fully saturated rings. The number of benzene rings is 1. The number of rotatable bonds is 4. The van der Waals surface area contributed by atoms with Crippen molar-refractivity contribution in [3.63, 3.8) is 0 Å². The Labute approximate surface area is 135 Å². The van der Waals surface area contributed by atoms with Gasteiger partial charge >= 0.3 is 0 Å². The lowest BCUT2D eigenvalue weighted by Gasteiger charge is -2.23. The van der Waals surface area contributed by atoms with Gasteiger partial charge in [0, 0.05) is 23.5 Å². The molecule has 0 aliphatic heterocycles. The van der Waals surface area contributed by atoms with Crippen molar-refractivity contribution >= 4 is 23.2 Å². The Balaban J connectivity index is 2.46. The van der Waals surface area contributed by atoms with Crippen molar-refractivity contribution in [3.05, 3.63) is 58.4 Å². The predicted octanol–water partition coefficient (Wildman–Crippen LogP) is 3.97. The number of aromatic nitrogens is 1. The van der Waals surface area contributed by atoms with Crippen LogP contribution in [0.4, 0.5) is 5.69 Å². The van der Waals surface area contributed by atoms with Crippen molar-refractivity contribution in [2.75, 3.05) is 11.4 Å². The number of anilines is 1. The Bertz CT molecular complexity index is 720. The first-order valence-electron chi connectivity index (χ1n) is 7.01. The molecule has 1 amide bonds. The van der Waals surface area contributed by atoms with Gasteiger partial charge in [0.2, 0.25) is 0 Å². The molecule has 1 heterocycles. The molecule has 0 radical (unpaired) electrons. The minimum absolute atomic E-state index is 0.187. The van der Waals surface area contributed by atoms with Gasteiger partial charge in [-0.05, 0) is 43.7 Å². The number of halogens is 1. The first kappa shape index (κ1) is 16.0. The fourth-order valence-electron chi connectivity index (χ4n) is 2.13. The van der Waals surface area contributed by atoms with Crippen LogP contribution in [0.2, 0.25) is 5.02 Å². The van der Waals surface area contributed by atoms with Gasteiger partial charge in [0.1, 0.15) is 6.07 Å². The lowest BCUT2D eigenvalue weighted by molar-refractivity contribution is 0.0986. The summed E-state index contributed by atoms with van der Waals surface area (Å²) in [6.07, 6.45) is 2.32. The topological polar surface area (TPSA) is 57.0 Å². The van der Waals surface area contributed by atoms with Crippen LogP contribution in [0.15, 0.2) is 36.5 Å². The van der Waals surface area contributed by atoms with Crippen LogP contribution in [-0.2, 0) is 0 Å². The van der Waals surface area contributed by atoms with Gasteiger partial charge in [0.25, 0.3) is 5.91 Å². The SMILES string of the molecule is CCCN(C(=O)c1ccc(C)nc1)c1cc(Cl)ccc1C#N. The van der Waals surface area contributed by atoms with Crippen molar-refractivity contribution < 1.29 is 4.79 Å². The van der Waals surface area contributed by atoms with E-state index < -0.39 is 0 Å². The second-order valence-electron chi connectivity index (χ2n) is 4.92. The van der Waals surface area contributed by atoms with Crippen molar-refractivity contribution in [1.29, 1.82) is 5.26 Å². The van der Waals surface area contributed by atoms with Gasteiger partial charge in [-0.15, -0.1) is 0 Å². The van der Waals surface area contributed by atoms with Crippen molar-refractivity contribution in [3.8, 4) is 6.07 Å². The van der Waals surface area contributed by atoms with Gasteiger partial charge in [-0.25, -0.2) is 0 Å². The van der Waals surface area contributed by atoms with Crippen LogP contribution in [0.25, 0.3) is 0 Å². The van der Waals surface area contributed by atoms with Crippen LogP contribution in [0.5, 0.6) is 0 Å². The fraction of sp³-hybridized carbons (Fsp3) is 0.235. The molecule has 2 aromatic rings. The lowest BCUT2D eigenvalue weighted by atomic mass is 10.1. The Hall–Kier alpha value is -2.38.